The smallest absolute Gasteiger partial charge is 0.0577 e. The highest BCUT2D eigenvalue weighted by atomic mass is 79.9. The zero-order chi connectivity index (χ0) is 9.54. The van der Waals surface area contributed by atoms with E-state index in [2.05, 4.69) is 38.4 Å². The van der Waals surface area contributed by atoms with E-state index in [4.69, 9.17) is 0 Å². The van der Waals surface area contributed by atoms with Crippen LogP contribution in [0.4, 0.5) is 0 Å². The van der Waals surface area contributed by atoms with E-state index in [1.54, 1.807) is 0 Å². The average molecular weight is 253 g/mol. The lowest BCUT2D eigenvalue weighted by Crippen LogP contribution is -2.47. The zero-order valence-corrected chi connectivity index (χ0v) is 9.50. The molecule has 1 aliphatic heterocycles. The second-order valence-electron chi connectivity index (χ2n) is 4.29. The van der Waals surface area contributed by atoms with Crippen molar-refractivity contribution in [3.05, 3.63) is 28.5 Å². The van der Waals surface area contributed by atoms with Crippen LogP contribution in [0.15, 0.2) is 22.8 Å². The predicted octanol–water partition coefficient (Wildman–Crippen LogP) is 2.51. The molecule has 3 rings (SSSR count). The van der Waals surface area contributed by atoms with Crippen molar-refractivity contribution in [1.82, 2.24) is 10.3 Å². The van der Waals surface area contributed by atoms with Gasteiger partial charge in [0.25, 0.3) is 0 Å². The summed E-state index contributed by atoms with van der Waals surface area (Å²) in [4.78, 5) is 4.45. The minimum atomic E-state index is 0.524. The molecule has 1 saturated heterocycles. The Balaban J connectivity index is 1.78. The lowest BCUT2D eigenvalue weighted by atomic mass is 9.85. The molecule has 2 nitrogen and oxygen atoms in total. The van der Waals surface area contributed by atoms with E-state index in [1.165, 1.54) is 25.1 Å². The molecule has 2 atom stereocenters. The summed E-state index contributed by atoms with van der Waals surface area (Å²) < 4.78 is 1.06. The quantitative estimate of drug-likeness (QED) is 0.876. The lowest BCUT2D eigenvalue weighted by molar-refractivity contribution is 0.202. The summed E-state index contributed by atoms with van der Waals surface area (Å²) in [6.45, 7) is 1.19. The summed E-state index contributed by atoms with van der Waals surface area (Å²) in [7, 11) is 0. The summed E-state index contributed by atoms with van der Waals surface area (Å²) in [5, 5.41) is 3.47. The van der Waals surface area contributed by atoms with Crippen LogP contribution in [0.2, 0.25) is 0 Å². The van der Waals surface area contributed by atoms with Gasteiger partial charge in [0.05, 0.1) is 11.7 Å². The second kappa shape index (κ2) is 3.31. The van der Waals surface area contributed by atoms with Crippen molar-refractivity contribution in [3.63, 3.8) is 0 Å². The van der Waals surface area contributed by atoms with Crippen LogP contribution >= 0.6 is 15.9 Å². The lowest BCUT2D eigenvalue weighted by Gasteiger charge is -2.38. The Morgan fingerprint density at radius 1 is 1.36 bits per heavy atom. The van der Waals surface area contributed by atoms with Crippen LogP contribution < -0.4 is 5.32 Å². The molecule has 2 heterocycles. The first-order chi connectivity index (χ1) is 6.84. The molecule has 0 aromatic carbocycles. The fourth-order valence-electron chi connectivity index (χ4n) is 2.23. The van der Waals surface area contributed by atoms with Gasteiger partial charge in [0.1, 0.15) is 0 Å². The number of aromatic nitrogens is 1. The average Bonchev–Trinajstić information content (AvgIpc) is 2.91. The standard InChI is InChI=1S/C11H13BrN2/c12-8-3-4-10(13-5-8)11-9(6-14-11)7-1-2-7/h3-5,7,9,11,14H,1-2,6H2. The minimum absolute atomic E-state index is 0.524. The fraction of sp³-hybridized carbons (Fsp3) is 0.545. The van der Waals surface area contributed by atoms with Gasteiger partial charge in [0.2, 0.25) is 0 Å². The highest BCUT2D eigenvalue weighted by Crippen LogP contribution is 2.46. The number of pyridine rings is 1. The van der Waals surface area contributed by atoms with E-state index in [-0.39, 0.29) is 0 Å². The van der Waals surface area contributed by atoms with E-state index in [1.807, 2.05) is 6.20 Å². The minimum Gasteiger partial charge on any atom is -0.308 e. The van der Waals surface area contributed by atoms with Gasteiger partial charge in [-0.2, -0.15) is 0 Å². The normalized spacial score (nSPS) is 31.2. The monoisotopic (exact) mass is 252 g/mol. The highest BCUT2D eigenvalue weighted by molar-refractivity contribution is 9.10. The number of hydrogen-bond acceptors (Lipinski definition) is 2. The molecule has 1 saturated carbocycles. The van der Waals surface area contributed by atoms with Crippen molar-refractivity contribution in [2.75, 3.05) is 6.54 Å². The van der Waals surface area contributed by atoms with E-state index >= 15 is 0 Å². The van der Waals surface area contributed by atoms with Crippen LogP contribution in [0, 0.1) is 11.8 Å². The van der Waals surface area contributed by atoms with E-state index < -0.39 is 0 Å². The van der Waals surface area contributed by atoms with E-state index in [9.17, 15) is 0 Å². The molecule has 74 valence electrons. The van der Waals surface area contributed by atoms with Crippen LogP contribution in [0.3, 0.4) is 0 Å². The van der Waals surface area contributed by atoms with Gasteiger partial charge in [-0.15, -0.1) is 0 Å². The first-order valence-electron chi connectivity index (χ1n) is 5.19. The molecule has 1 aromatic rings. The van der Waals surface area contributed by atoms with Gasteiger partial charge in [0.15, 0.2) is 0 Å². The van der Waals surface area contributed by atoms with E-state index in [0.717, 1.165) is 16.3 Å². The van der Waals surface area contributed by atoms with E-state index in [0.29, 0.717) is 6.04 Å². The van der Waals surface area contributed by atoms with Gasteiger partial charge in [-0.25, -0.2) is 0 Å². The van der Waals surface area contributed by atoms with Crippen molar-refractivity contribution < 1.29 is 0 Å². The van der Waals surface area contributed by atoms with Crippen LogP contribution in [0.1, 0.15) is 24.6 Å². The molecular weight excluding hydrogens is 240 g/mol. The maximum absolute atomic E-state index is 4.45. The molecular formula is C11H13BrN2. The Morgan fingerprint density at radius 2 is 2.21 bits per heavy atom. The van der Waals surface area contributed by atoms with Gasteiger partial charge in [-0.1, -0.05) is 0 Å². The summed E-state index contributed by atoms with van der Waals surface area (Å²) >= 11 is 3.41. The van der Waals surface area contributed by atoms with Crippen molar-refractivity contribution in [1.29, 1.82) is 0 Å². The third kappa shape index (κ3) is 1.48. The molecule has 1 aliphatic carbocycles. The van der Waals surface area contributed by atoms with Crippen molar-refractivity contribution >= 4 is 15.9 Å². The largest absolute Gasteiger partial charge is 0.308 e. The zero-order valence-electron chi connectivity index (χ0n) is 7.91. The SMILES string of the molecule is Brc1ccc(C2NCC2C2CC2)nc1. The van der Waals surface area contributed by atoms with Gasteiger partial charge in [0, 0.05) is 17.2 Å². The molecule has 2 aliphatic rings. The Morgan fingerprint density at radius 3 is 2.71 bits per heavy atom. The molecule has 0 bridgehead atoms. The maximum atomic E-state index is 4.45. The first-order valence-corrected chi connectivity index (χ1v) is 5.99. The van der Waals surface area contributed by atoms with Crippen LogP contribution in [0.25, 0.3) is 0 Å². The number of rotatable bonds is 2. The molecule has 1 aromatic heterocycles. The summed E-state index contributed by atoms with van der Waals surface area (Å²) in [6, 6.07) is 4.72. The Hall–Kier alpha value is -0.410. The number of nitrogens with zero attached hydrogens (tertiary/aromatic N) is 1. The Bertz CT molecular complexity index is 332. The topological polar surface area (TPSA) is 24.9 Å². The van der Waals surface area contributed by atoms with Crippen molar-refractivity contribution in [2.45, 2.75) is 18.9 Å². The second-order valence-corrected chi connectivity index (χ2v) is 5.20. The van der Waals surface area contributed by atoms with Gasteiger partial charge >= 0.3 is 0 Å². The Kier molecular flexibility index (Phi) is 2.10. The number of halogens is 1. The fourth-order valence-corrected chi connectivity index (χ4v) is 2.46. The number of nitrogens with one attached hydrogen (secondary N) is 1. The Labute approximate surface area is 92.2 Å². The molecule has 2 fully saturated rings. The summed E-state index contributed by atoms with van der Waals surface area (Å²) in [5.74, 6) is 1.83. The predicted molar refractivity (Wildman–Crippen MR) is 58.9 cm³/mol. The summed E-state index contributed by atoms with van der Waals surface area (Å²) in [5.41, 5.74) is 1.20. The van der Waals surface area contributed by atoms with Crippen LogP contribution in [-0.4, -0.2) is 11.5 Å². The number of hydrogen-bond donors (Lipinski definition) is 1. The molecule has 1 N–H and O–H groups in total. The first kappa shape index (κ1) is 8.86. The summed E-state index contributed by atoms with van der Waals surface area (Å²) in [6.07, 6.45) is 4.75. The van der Waals surface area contributed by atoms with Crippen LogP contribution in [0.5, 0.6) is 0 Å². The maximum Gasteiger partial charge on any atom is 0.0577 e. The van der Waals surface area contributed by atoms with Gasteiger partial charge in [-0.3, -0.25) is 4.98 Å². The third-order valence-corrected chi connectivity index (χ3v) is 3.77. The molecule has 3 heteroatoms. The van der Waals surface area contributed by atoms with Crippen molar-refractivity contribution in [3.8, 4) is 0 Å². The highest BCUT2D eigenvalue weighted by Gasteiger charge is 2.42. The molecule has 14 heavy (non-hydrogen) atoms. The van der Waals surface area contributed by atoms with Gasteiger partial charge in [-0.05, 0) is 52.7 Å². The van der Waals surface area contributed by atoms with Gasteiger partial charge < -0.3 is 5.32 Å². The molecule has 0 radical (unpaired) electrons. The molecule has 2 unspecified atom stereocenters. The third-order valence-electron chi connectivity index (χ3n) is 3.30. The van der Waals surface area contributed by atoms with Crippen LogP contribution in [-0.2, 0) is 0 Å². The molecule has 0 spiro atoms. The van der Waals surface area contributed by atoms with Crippen molar-refractivity contribution in [2.24, 2.45) is 11.8 Å². The molecule has 0 amide bonds.